The van der Waals surface area contributed by atoms with Crippen LogP contribution in [-0.2, 0) is 9.84 Å². The molecular formula is C15H22N2O3S. The molecule has 5 nitrogen and oxygen atoms in total. The highest BCUT2D eigenvalue weighted by atomic mass is 32.2. The predicted molar refractivity (Wildman–Crippen MR) is 82.9 cm³/mol. The number of nitrogens with zero attached hydrogens (tertiary/aromatic N) is 1. The molecule has 1 aliphatic heterocycles. The first kappa shape index (κ1) is 15.8. The van der Waals surface area contributed by atoms with Crippen molar-refractivity contribution < 1.29 is 13.2 Å². The Morgan fingerprint density at radius 1 is 1.29 bits per heavy atom. The van der Waals surface area contributed by atoms with E-state index < -0.39 is 9.84 Å². The number of likely N-dealkylation sites (tertiary alicyclic amines) is 1. The van der Waals surface area contributed by atoms with Crippen LogP contribution in [0.15, 0.2) is 23.1 Å². The van der Waals surface area contributed by atoms with Crippen LogP contribution in [0.5, 0.6) is 0 Å². The molecule has 1 aromatic carbocycles. The molecule has 0 aromatic heterocycles. The number of hydrogen-bond donors (Lipinski definition) is 1. The van der Waals surface area contributed by atoms with Crippen molar-refractivity contribution in [2.24, 2.45) is 5.92 Å². The third-order valence-corrected chi connectivity index (χ3v) is 5.33. The Balaban J connectivity index is 2.37. The van der Waals surface area contributed by atoms with Crippen molar-refractivity contribution in [1.29, 1.82) is 0 Å². The maximum atomic E-state index is 12.7. The van der Waals surface area contributed by atoms with Crippen LogP contribution >= 0.6 is 0 Å². The summed E-state index contributed by atoms with van der Waals surface area (Å²) in [6.45, 7) is 4.87. The van der Waals surface area contributed by atoms with Crippen LogP contribution in [0.2, 0.25) is 0 Å². The second kappa shape index (κ2) is 5.67. The minimum absolute atomic E-state index is 0.0866. The summed E-state index contributed by atoms with van der Waals surface area (Å²) in [4.78, 5) is 14.6. The lowest BCUT2D eigenvalue weighted by Crippen LogP contribution is -2.46. The molecule has 0 aliphatic carbocycles. The molecule has 1 aliphatic rings. The molecular weight excluding hydrogens is 288 g/mol. The summed E-state index contributed by atoms with van der Waals surface area (Å²) < 4.78 is 23.3. The van der Waals surface area contributed by atoms with E-state index in [1.165, 1.54) is 12.1 Å². The van der Waals surface area contributed by atoms with Gasteiger partial charge >= 0.3 is 0 Å². The Hall–Kier alpha value is -1.56. The fourth-order valence-corrected chi connectivity index (χ4v) is 3.44. The minimum atomic E-state index is -3.39. The van der Waals surface area contributed by atoms with E-state index in [9.17, 15) is 13.2 Å². The van der Waals surface area contributed by atoms with E-state index in [2.05, 4.69) is 6.92 Å². The van der Waals surface area contributed by atoms with Crippen molar-refractivity contribution in [2.45, 2.75) is 37.6 Å². The van der Waals surface area contributed by atoms with Gasteiger partial charge in [0.25, 0.3) is 5.91 Å². The largest absolute Gasteiger partial charge is 0.399 e. The van der Waals surface area contributed by atoms with Crippen molar-refractivity contribution in [3.8, 4) is 0 Å². The average Bonchev–Trinajstić information content (AvgIpc) is 2.39. The Labute approximate surface area is 126 Å². The maximum absolute atomic E-state index is 12.7. The first-order valence-corrected chi connectivity index (χ1v) is 9.01. The standard InChI is InChI=1S/C15H22N2O3S/c1-10-5-4-6-17(11(10)2)15(18)12-7-13(16)9-14(8-12)21(3,19)20/h7-11H,4-6,16H2,1-3H3. The highest BCUT2D eigenvalue weighted by Gasteiger charge is 2.29. The van der Waals surface area contributed by atoms with Crippen molar-refractivity contribution in [2.75, 3.05) is 18.5 Å². The van der Waals surface area contributed by atoms with Gasteiger partial charge in [0.05, 0.1) is 4.90 Å². The zero-order valence-electron chi connectivity index (χ0n) is 12.7. The second-order valence-corrected chi connectivity index (χ2v) is 7.94. The van der Waals surface area contributed by atoms with Gasteiger partial charge in [0.2, 0.25) is 0 Å². The summed E-state index contributed by atoms with van der Waals surface area (Å²) in [6, 6.07) is 4.49. The number of carbonyl (C=O) groups is 1. The second-order valence-electron chi connectivity index (χ2n) is 5.92. The molecule has 0 radical (unpaired) electrons. The van der Waals surface area contributed by atoms with Gasteiger partial charge in [-0.15, -0.1) is 0 Å². The number of rotatable bonds is 2. The molecule has 1 aromatic rings. The number of anilines is 1. The number of hydrogen-bond acceptors (Lipinski definition) is 4. The lowest BCUT2D eigenvalue weighted by molar-refractivity contribution is 0.0551. The fraction of sp³-hybridized carbons (Fsp3) is 0.533. The predicted octanol–water partition coefficient (Wildman–Crippen LogP) is 1.93. The number of nitrogen functional groups attached to an aromatic ring is 1. The normalized spacial score (nSPS) is 23.1. The highest BCUT2D eigenvalue weighted by molar-refractivity contribution is 7.90. The SMILES string of the molecule is CC1CCCN(C(=O)c2cc(N)cc(S(C)(=O)=O)c2)C1C. The van der Waals surface area contributed by atoms with E-state index in [-0.39, 0.29) is 16.8 Å². The fourth-order valence-electron chi connectivity index (χ4n) is 2.75. The third-order valence-electron chi connectivity index (χ3n) is 4.24. The van der Waals surface area contributed by atoms with Crippen LogP contribution in [0.3, 0.4) is 0 Å². The molecule has 1 saturated heterocycles. The molecule has 2 unspecified atom stereocenters. The topological polar surface area (TPSA) is 80.5 Å². The van der Waals surface area contributed by atoms with Gasteiger partial charge in [0, 0.05) is 30.1 Å². The molecule has 21 heavy (non-hydrogen) atoms. The Kier molecular flexibility index (Phi) is 4.27. The van der Waals surface area contributed by atoms with Crippen LogP contribution in [0.1, 0.15) is 37.0 Å². The van der Waals surface area contributed by atoms with Crippen LogP contribution in [0.4, 0.5) is 5.69 Å². The zero-order valence-corrected chi connectivity index (χ0v) is 13.5. The minimum Gasteiger partial charge on any atom is -0.399 e. The van der Waals surface area contributed by atoms with E-state index in [0.29, 0.717) is 23.7 Å². The van der Waals surface area contributed by atoms with E-state index in [4.69, 9.17) is 5.73 Å². The number of piperidine rings is 1. The van der Waals surface area contributed by atoms with E-state index in [0.717, 1.165) is 19.1 Å². The average molecular weight is 310 g/mol. The van der Waals surface area contributed by atoms with Gasteiger partial charge in [-0.05, 0) is 43.9 Å². The Bertz CT molecular complexity index is 655. The number of benzene rings is 1. The molecule has 0 saturated carbocycles. The number of nitrogens with two attached hydrogens (primary N) is 1. The van der Waals surface area contributed by atoms with Gasteiger partial charge in [-0.2, -0.15) is 0 Å². The monoisotopic (exact) mass is 310 g/mol. The van der Waals surface area contributed by atoms with Crippen LogP contribution in [-0.4, -0.2) is 38.1 Å². The van der Waals surface area contributed by atoms with E-state index >= 15 is 0 Å². The van der Waals surface area contributed by atoms with Gasteiger partial charge in [-0.3, -0.25) is 4.79 Å². The van der Waals surface area contributed by atoms with Gasteiger partial charge in [0.1, 0.15) is 0 Å². The number of amides is 1. The summed E-state index contributed by atoms with van der Waals surface area (Å²) in [5, 5.41) is 0. The molecule has 0 spiro atoms. The smallest absolute Gasteiger partial charge is 0.254 e. The Morgan fingerprint density at radius 2 is 1.95 bits per heavy atom. The summed E-state index contributed by atoms with van der Waals surface area (Å²) >= 11 is 0. The molecule has 6 heteroatoms. The van der Waals surface area contributed by atoms with Crippen LogP contribution in [0.25, 0.3) is 0 Å². The van der Waals surface area contributed by atoms with E-state index in [1.54, 1.807) is 6.07 Å². The quantitative estimate of drug-likeness (QED) is 0.846. The van der Waals surface area contributed by atoms with Gasteiger partial charge < -0.3 is 10.6 Å². The number of carbonyl (C=O) groups excluding carboxylic acids is 1. The van der Waals surface area contributed by atoms with Crippen molar-refractivity contribution in [3.63, 3.8) is 0 Å². The lowest BCUT2D eigenvalue weighted by atomic mass is 9.91. The highest BCUT2D eigenvalue weighted by Crippen LogP contribution is 2.26. The molecule has 2 atom stereocenters. The van der Waals surface area contributed by atoms with E-state index in [1.807, 2.05) is 11.8 Å². The molecule has 2 N–H and O–H groups in total. The maximum Gasteiger partial charge on any atom is 0.254 e. The van der Waals surface area contributed by atoms with Gasteiger partial charge in [-0.1, -0.05) is 6.92 Å². The first-order chi connectivity index (χ1) is 9.70. The van der Waals surface area contributed by atoms with Crippen LogP contribution in [0, 0.1) is 5.92 Å². The molecule has 0 bridgehead atoms. The van der Waals surface area contributed by atoms with Crippen molar-refractivity contribution in [3.05, 3.63) is 23.8 Å². The van der Waals surface area contributed by atoms with Gasteiger partial charge in [0.15, 0.2) is 9.84 Å². The van der Waals surface area contributed by atoms with Gasteiger partial charge in [-0.25, -0.2) is 8.42 Å². The molecule has 2 rings (SSSR count). The summed E-state index contributed by atoms with van der Waals surface area (Å²) in [5.41, 5.74) is 6.38. The first-order valence-electron chi connectivity index (χ1n) is 7.11. The zero-order chi connectivity index (χ0) is 15.8. The molecule has 1 fully saturated rings. The third kappa shape index (κ3) is 3.37. The summed E-state index contributed by atoms with van der Waals surface area (Å²) in [7, 11) is -3.39. The van der Waals surface area contributed by atoms with Crippen molar-refractivity contribution >= 4 is 21.4 Å². The van der Waals surface area contributed by atoms with Crippen LogP contribution < -0.4 is 5.73 Å². The summed E-state index contributed by atoms with van der Waals surface area (Å²) in [6.07, 6.45) is 3.19. The Morgan fingerprint density at radius 3 is 2.57 bits per heavy atom. The lowest BCUT2D eigenvalue weighted by Gasteiger charge is -2.38. The molecule has 1 amide bonds. The number of sulfone groups is 1. The van der Waals surface area contributed by atoms with Crippen molar-refractivity contribution in [1.82, 2.24) is 4.90 Å². The molecule has 1 heterocycles. The molecule has 116 valence electrons. The summed E-state index contributed by atoms with van der Waals surface area (Å²) in [5.74, 6) is 0.296.